The highest BCUT2D eigenvalue weighted by Gasteiger charge is 2.26. The molecular formula is C34H32BrN6O4P. The fourth-order valence-corrected chi connectivity index (χ4v) is 6.03. The zero-order chi connectivity index (χ0) is 32.5. The Morgan fingerprint density at radius 2 is 1.41 bits per heavy atom. The zero-order valence-corrected chi connectivity index (χ0v) is 27.7. The number of nitrogen functional groups attached to an aromatic ring is 1. The largest absolute Gasteiger partial charge is 0.437 e. The highest BCUT2D eigenvalue weighted by atomic mass is 79.9. The second-order valence-corrected chi connectivity index (χ2v) is 13.2. The van der Waals surface area contributed by atoms with E-state index >= 15 is 0 Å². The summed E-state index contributed by atoms with van der Waals surface area (Å²) >= 11 is 3.44. The molecule has 12 heteroatoms. The van der Waals surface area contributed by atoms with E-state index in [1.165, 1.54) is 0 Å². The van der Waals surface area contributed by atoms with Crippen LogP contribution in [0.1, 0.15) is 27.8 Å². The molecule has 0 radical (unpaired) electrons. The SMILES string of the molecule is Cc1cc(NCP(=O)(OCc2ccccc2)OCc2ccccc2)cc(C)c1Oc1nc(Nc2ccc(C#N)cc2)nc(N)c1Br. The predicted octanol–water partition coefficient (Wildman–Crippen LogP) is 8.84. The van der Waals surface area contributed by atoms with Crippen molar-refractivity contribution in [3.05, 3.63) is 129 Å². The summed E-state index contributed by atoms with van der Waals surface area (Å²) in [4.78, 5) is 8.80. The Hall–Kier alpha value is -4.72. The van der Waals surface area contributed by atoms with Crippen LogP contribution in [0.2, 0.25) is 0 Å². The van der Waals surface area contributed by atoms with Gasteiger partial charge in [-0.2, -0.15) is 15.2 Å². The quantitative estimate of drug-likeness (QED) is 0.102. The van der Waals surface area contributed by atoms with Crippen LogP contribution in [-0.2, 0) is 26.8 Å². The highest BCUT2D eigenvalue weighted by Crippen LogP contribution is 2.49. The van der Waals surface area contributed by atoms with Gasteiger partial charge in [0.1, 0.15) is 22.3 Å². The van der Waals surface area contributed by atoms with Crippen LogP contribution in [0, 0.1) is 25.2 Å². The summed E-state index contributed by atoms with van der Waals surface area (Å²) < 4.78 is 32.4. The number of anilines is 4. The average molecular weight is 700 g/mol. The first kappa shape index (κ1) is 32.7. The molecule has 1 aromatic heterocycles. The third-order valence-corrected chi connectivity index (χ3v) is 9.13. The molecule has 0 spiro atoms. The lowest BCUT2D eigenvalue weighted by Crippen LogP contribution is -2.09. The van der Waals surface area contributed by atoms with Crippen LogP contribution >= 0.6 is 23.5 Å². The number of hydrogen-bond donors (Lipinski definition) is 3. The first-order valence-corrected chi connectivity index (χ1v) is 16.8. The third kappa shape index (κ3) is 8.71. The number of hydrogen-bond acceptors (Lipinski definition) is 10. The molecule has 0 bridgehead atoms. The molecule has 234 valence electrons. The van der Waals surface area contributed by atoms with E-state index in [2.05, 4.69) is 42.6 Å². The summed E-state index contributed by atoms with van der Waals surface area (Å²) in [6, 6.07) is 31.8. The first-order chi connectivity index (χ1) is 22.2. The van der Waals surface area contributed by atoms with Gasteiger partial charge in [-0.1, -0.05) is 60.7 Å². The van der Waals surface area contributed by atoms with Crippen LogP contribution in [0.5, 0.6) is 11.6 Å². The van der Waals surface area contributed by atoms with E-state index in [4.69, 9.17) is 24.8 Å². The maximum atomic E-state index is 13.9. The molecule has 5 rings (SSSR count). The summed E-state index contributed by atoms with van der Waals surface area (Å²) in [5, 5.41) is 15.4. The second kappa shape index (κ2) is 15.0. The molecular weight excluding hydrogens is 667 g/mol. The minimum absolute atomic E-state index is 0.0376. The van der Waals surface area contributed by atoms with Crippen LogP contribution in [0.3, 0.4) is 0 Å². The summed E-state index contributed by atoms with van der Waals surface area (Å²) in [7, 11) is -3.57. The molecule has 4 aromatic carbocycles. The van der Waals surface area contributed by atoms with Crippen LogP contribution < -0.4 is 21.1 Å². The molecule has 10 nitrogen and oxygen atoms in total. The van der Waals surface area contributed by atoms with Crippen molar-refractivity contribution in [2.24, 2.45) is 0 Å². The number of benzene rings is 4. The molecule has 5 aromatic rings. The number of aryl methyl sites for hydroxylation is 2. The van der Waals surface area contributed by atoms with Gasteiger partial charge in [0.25, 0.3) is 0 Å². The third-order valence-electron chi connectivity index (χ3n) is 6.79. The molecule has 0 aliphatic rings. The summed E-state index contributed by atoms with van der Waals surface area (Å²) in [5.74, 6) is 1.23. The summed E-state index contributed by atoms with van der Waals surface area (Å²) in [6.07, 6.45) is -0.0376. The smallest absolute Gasteiger partial charge is 0.350 e. The van der Waals surface area contributed by atoms with Gasteiger partial charge in [0.05, 0.1) is 24.8 Å². The lowest BCUT2D eigenvalue weighted by Gasteiger charge is -2.21. The monoisotopic (exact) mass is 698 g/mol. The lowest BCUT2D eigenvalue weighted by atomic mass is 10.1. The van der Waals surface area contributed by atoms with Gasteiger partial charge in [-0.3, -0.25) is 4.57 Å². The average Bonchev–Trinajstić information content (AvgIpc) is 3.07. The van der Waals surface area contributed by atoms with E-state index in [9.17, 15) is 4.57 Å². The Bertz CT molecular complexity index is 1820. The molecule has 0 unspecified atom stereocenters. The number of nitrogens with two attached hydrogens (primary N) is 1. The van der Waals surface area contributed by atoms with Crippen molar-refractivity contribution >= 4 is 46.7 Å². The number of rotatable bonds is 13. The highest BCUT2D eigenvalue weighted by molar-refractivity contribution is 9.10. The van der Waals surface area contributed by atoms with Gasteiger partial charge in [-0.25, -0.2) is 0 Å². The normalized spacial score (nSPS) is 11.1. The van der Waals surface area contributed by atoms with Crippen molar-refractivity contribution in [1.82, 2.24) is 9.97 Å². The van der Waals surface area contributed by atoms with Gasteiger partial charge in [-0.05, 0) is 88.4 Å². The maximum Gasteiger partial charge on any atom is 0.350 e. The summed E-state index contributed by atoms with van der Waals surface area (Å²) in [5.41, 5.74) is 11.5. The fraction of sp³-hybridized carbons (Fsp3) is 0.147. The van der Waals surface area contributed by atoms with Crippen molar-refractivity contribution in [2.75, 3.05) is 22.7 Å². The van der Waals surface area contributed by atoms with E-state index in [0.717, 1.165) is 27.9 Å². The molecule has 1 heterocycles. The van der Waals surface area contributed by atoms with E-state index in [-0.39, 0.29) is 37.1 Å². The zero-order valence-electron chi connectivity index (χ0n) is 25.2. The van der Waals surface area contributed by atoms with E-state index < -0.39 is 7.60 Å². The molecule has 0 atom stereocenters. The molecule has 46 heavy (non-hydrogen) atoms. The van der Waals surface area contributed by atoms with Crippen molar-refractivity contribution in [3.8, 4) is 17.7 Å². The Balaban J connectivity index is 1.30. The second-order valence-electron chi connectivity index (χ2n) is 10.4. The lowest BCUT2D eigenvalue weighted by molar-refractivity contribution is 0.192. The van der Waals surface area contributed by atoms with E-state index in [0.29, 0.717) is 21.5 Å². The maximum absolute atomic E-state index is 13.9. The van der Waals surface area contributed by atoms with Crippen LogP contribution in [0.15, 0.2) is 102 Å². The Labute approximate surface area is 276 Å². The Morgan fingerprint density at radius 3 is 1.96 bits per heavy atom. The molecule has 0 aliphatic heterocycles. The minimum atomic E-state index is -3.57. The van der Waals surface area contributed by atoms with Gasteiger partial charge in [-0.15, -0.1) is 0 Å². The van der Waals surface area contributed by atoms with Crippen LogP contribution in [-0.4, -0.2) is 16.3 Å². The Kier molecular flexibility index (Phi) is 10.7. The minimum Gasteiger partial charge on any atom is -0.437 e. The van der Waals surface area contributed by atoms with Crippen molar-refractivity contribution in [1.29, 1.82) is 5.26 Å². The van der Waals surface area contributed by atoms with Gasteiger partial charge < -0.3 is 30.2 Å². The molecule has 0 saturated carbocycles. The molecule has 0 saturated heterocycles. The molecule has 0 amide bonds. The summed E-state index contributed by atoms with van der Waals surface area (Å²) in [6.45, 7) is 4.11. The molecule has 4 N–H and O–H groups in total. The molecule has 0 aliphatic carbocycles. The predicted molar refractivity (Wildman–Crippen MR) is 183 cm³/mol. The Morgan fingerprint density at radius 1 is 0.848 bits per heavy atom. The first-order valence-electron chi connectivity index (χ1n) is 14.3. The van der Waals surface area contributed by atoms with E-state index in [1.807, 2.05) is 86.6 Å². The number of nitriles is 1. The van der Waals surface area contributed by atoms with E-state index in [1.54, 1.807) is 24.3 Å². The van der Waals surface area contributed by atoms with Crippen LogP contribution in [0.4, 0.5) is 23.1 Å². The fourth-order valence-electron chi connectivity index (χ4n) is 4.44. The number of nitrogens with zero attached hydrogens (tertiary/aromatic N) is 3. The van der Waals surface area contributed by atoms with Crippen molar-refractivity contribution in [3.63, 3.8) is 0 Å². The van der Waals surface area contributed by atoms with Gasteiger partial charge in [0.15, 0.2) is 0 Å². The number of nitrogens with one attached hydrogen (secondary N) is 2. The number of aromatic nitrogens is 2. The van der Waals surface area contributed by atoms with Gasteiger partial charge >= 0.3 is 7.60 Å². The number of halogens is 1. The number of ether oxygens (including phenoxy) is 1. The molecule has 0 fully saturated rings. The van der Waals surface area contributed by atoms with Crippen LogP contribution in [0.25, 0.3) is 0 Å². The van der Waals surface area contributed by atoms with Gasteiger partial charge in [0.2, 0.25) is 11.8 Å². The van der Waals surface area contributed by atoms with Gasteiger partial charge in [0, 0.05) is 11.4 Å². The van der Waals surface area contributed by atoms with Crippen molar-refractivity contribution < 1.29 is 18.3 Å². The topological polar surface area (TPSA) is 144 Å². The van der Waals surface area contributed by atoms with Crippen molar-refractivity contribution in [2.45, 2.75) is 27.1 Å². The standard InChI is InChI=1S/C34H32BrN6O4P/c1-23-17-29(38-22-46(42,43-20-26-9-5-3-6-10-26)44-21-27-11-7-4-8-12-27)18-24(2)31(23)45-33-30(35)32(37)40-34(41-33)39-28-15-13-25(19-36)14-16-28/h3-18,38H,20-22H2,1-2H3,(H3,37,39,40,41).